The van der Waals surface area contributed by atoms with Crippen LogP contribution in [-0.4, -0.2) is 45.8 Å². The van der Waals surface area contributed by atoms with Gasteiger partial charge in [-0.15, -0.1) is 0 Å². The molecule has 0 aliphatic carbocycles. The number of β-lactam (4-membered cyclic amide) rings is 1. The Morgan fingerprint density at radius 3 is 1.67 bits per heavy atom. The van der Waals surface area contributed by atoms with E-state index in [0.29, 0.717) is 0 Å². The molecule has 4 aromatic carbocycles. The molecule has 1 fully saturated rings. The Hall–Kier alpha value is -4.39. The third-order valence-electron chi connectivity index (χ3n) is 7.06. The molecule has 218 valence electrons. The molecule has 0 spiro atoms. The number of benzene rings is 4. The highest BCUT2D eigenvalue weighted by Crippen LogP contribution is 2.49. The number of carbonyl (C=O) groups excluding carboxylic acids is 4. The number of ether oxygens (including phenoxy) is 2. The summed E-state index contributed by atoms with van der Waals surface area (Å²) in [6, 6.07) is 38.3. The van der Waals surface area contributed by atoms with Crippen LogP contribution in [0.25, 0.3) is 0 Å². The van der Waals surface area contributed by atoms with Gasteiger partial charge in [0.15, 0.2) is 0 Å². The number of methoxy groups -OCH3 is 1. The third-order valence-corrected chi connectivity index (χ3v) is 12.4. The second-order valence-corrected chi connectivity index (χ2v) is 14.3. The first-order valence-corrected chi connectivity index (χ1v) is 16.3. The zero-order valence-electron chi connectivity index (χ0n) is 23.5. The minimum Gasteiger partial charge on any atom is -0.469 e. The van der Waals surface area contributed by atoms with Crippen molar-refractivity contribution in [2.75, 3.05) is 7.11 Å². The number of likely N-dealkylation sites (tertiary alicyclic amines) is 1. The summed E-state index contributed by atoms with van der Waals surface area (Å²) in [5, 5.41) is 1.41. The molecule has 0 saturated carbocycles. The molecule has 0 bridgehead atoms. The Morgan fingerprint density at radius 1 is 0.767 bits per heavy atom. The highest BCUT2D eigenvalue weighted by Gasteiger charge is 2.48. The van der Waals surface area contributed by atoms with Crippen molar-refractivity contribution in [1.29, 1.82) is 0 Å². The standard InChI is InChI=1S/C34H30NO6PS/c1-40-31(37)23-32(38)43-30-22-29(36)35(30)33(34(39)41-24-25-14-6-2-7-15-25)42(26-16-8-3-9-17-26,27-18-10-4-11-19-27)28-20-12-5-13-21-28/h2-21,30H,22-24H2,1H3/t30-/m1/s1. The molecule has 1 aliphatic heterocycles. The van der Waals surface area contributed by atoms with E-state index in [-0.39, 0.29) is 24.4 Å². The lowest BCUT2D eigenvalue weighted by Gasteiger charge is -2.44. The first-order valence-electron chi connectivity index (χ1n) is 13.7. The van der Waals surface area contributed by atoms with Crippen molar-refractivity contribution in [3.05, 3.63) is 127 Å². The lowest BCUT2D eigenvalue weighted by molar-refractivity contribution is -0.143. The molecule has 1 amide bonds. The zero-order valence-corrected chi connectivity index (χ0v) is 25.2. The smallest absolute Gasteiger partial charge is 0.356 e. The van der Waals surface area contributed by atoms with E-state index in [1.165, 1.54) is 12.0 Å². The quantitative estimate of drug-likeness (QED) is 0.115. The van der Waals surface area contributed by atoms with E-state index < -0.39 is 35.7 Å². The van der Waals surface area contributed by atoms with Gasteiger partial charge in [0, 0.05) is 6.89 Å². The summed E-state index contributed by atoms with van der Waals surface area (Å²) < 4.78 is 10.7. The Bertz CT molecular complexity index is 1560. The van der Waals surface area contributed by atoms with E-state index in [1.807, 2.05) is 121 Å². The van der Waals surface area contributed by atoms with E-state index in [9.17, 15) is 19.2 Å². The summed E-state index contributed by atoms with van der Waals surface area (Å²) in [5.41, 5.74) is 0.985. The maximum Gasteiger partial charge on any atom is 0.356 e. The molecule has 1 saturated heterocycles. The molecule has 0 aromatic heterocycles. The normalized spacial score (nSPS) is 14.4. The lowest BCUT2D eigenvalue weighted by atomic mass is 10.2. The summed E-state index contributed by atoms with van der Waals surface area (Å²) >= 11 is 0.858. The van der Waals surface area contributed by atoms with Gasteiger partial charge in [-0.2, -0.15) is 0 Å². The van der Waals surface area contributed by atoms with Crippen LogP contribution in [0.1, 0.15) is 18.4 Å². The van der Waals surface area contributed by atoms with Crippen molar-refractivity contribution in [1.82, 2.24) is 4.90 Å². The minimum atomic E-state index is -3.08. The van der Waals surface area contributed by atoms with E-state index >= 15 is 0 Å². The van der Waals surface area contributed by atoms with Crippen molar-refractivity contribution in [3.63, 3.8) is 0 Å². The van der Waals surface area contributed by atoms with Gasteiger partial charge >= 0.3 is 11.9 Å². The summed E-state index contributed by atoms with van der Waals surface area (Å²) in [7, 11) is 1.21. The molecule has 0 N–H and O–H groups in total. The monoisotopic (exact) mass is 611 g/mol. The van der Waals surface area contributed by atoms with Gasteiger partial charge < -0.3 is 9.47 Å². The number of rotatable bonds is 10. The number of hydrogen-bond donors (Lipinski definition) is 0. The van der Waals surface area contributed by atoms with Gasteiger partial charge in [-0.25, -0.2) is 4.79 Å². The molecule has 0 unspecified atom stereocenters. The van der Waals surface area contributed by atoms with Gasteiger partial charge in [0.25, 0.3) is 0 Å². The summed E-state index contributed by atoms with van der Waals surface area (Å²) in [6.07, 6.45) is -0.408. The number of amides is 1. The first kappa shape index (κ1) is 30.1. The van der Waals surface area contributed by atoms with Gasteiger partial charge in [0.2, 0.25) is 11.0 Å². The fraction of sp³-hybridized carbons (Fsp3) is 0.147. The zero-order chi connectivity index (χ0) is 30.2. The Morgan fingerprint density at radius 2 is 1.23 bits per heavy atom. The van der Waals surface area contributed by atoms with E-state index in [4.69, 9.17) is 4.74 Å². The molecule has 1 heterocycles. The first-order chi connectivity index (χ1) is 20.9. The Labute approximate surface area is 254 Å². The number of thioether (sulfide) groups is 1. The van der Waals surface area contributed by atoms with E-state index in [2.05, 4.69) is 4.74 Å². The maximum atomic E-state index is 14.5. The molecule has 5 rings (SSSR count). The average Bonchev–Trinajstić information content (AvgIpc) is 3.05. The fourth-order valence-electron chi connectivity index (χ4n) is 5.07. The summed E-state index contributed by atoms with van der Waals surface area (Å²) in [5.74, 6) is -1.61. The van der Waals surface area contributed by atoms with Crippen LogP contribution in [-0.2, 0) is 35.3 Å². The fourth-order valence-corrected chi connectivity index (χ4v) is 10.6. The van der Waals surface area contributed by atoms with Crippen LogP contribution in [0.4, 0.5) is 0 Å². The van der Waals surface area contributed by atoms with E-state index in [0.717, 1.165) is 33.2 Å². The van der Waals surface area contributed by atoms with Gasteiger partial charge in [-0.3, -0.25) is 19.3 Å². The topological polar surface area (TPSA) is 90.0 Å². The Kier molecular flexibility index (Phi) is 9.60. The van der Waals surface area contributed by atoms with Crippen LogP contribution in [0, 0.1) is 0 Å². The summed E-state index contributed by atoms with van der Waals surface area (Å²) in [6.45, 7) is -3.08. The van der Waals surface area contributed by atoms with Crippen molar-refractivity contribution in [2.24, 2.45) is 0 Å². The van der Waals surface area contributed by atoms with Crippen molar-refractivity contribution in [2.45, 2.75) is 24.8 Å². The van der Waals surface area contributed by atoms with Crippen LogP contribution >= 0.6 is 18.6 Å². The number of hydrogen-bond acceptors (Lipinski definition) is 7. The molecular weight excluding hydrogens is 581 g/mol. The molecular formula is C34H30NO6PS. The maximum absolute atomic E-state index is 14.5. The number of carbonyl (C=O) groups is 4. The molecule has 9 heteroatoms. The van der Waals surface area contributed by atoms with Gasteiger partial charge in [-0.1, -0.05) is 133 Å². The van der Waals surface area contributed by atoms with Gasteiger partial charge in [-0.05, 0) is 21.5 Å². The van der Waals surface area contributed by atoms with Gasteiger partial charge in [0.1, 0.15) is 18.4 Å². The van der Waals surface area contributed by atoms with E-state index in [1.54, 1.807) is 0 Å². The molecule has 0 radical (unpaired) electrons. The molecule has 43 heavy (non-hydrogen) atoms. The van der Waals surface area contributed by atoms with Crippen LogP contribution in [0.5, 0.6) is 0 Å². The second-order valence-electron chi connectivity index (χ2n) is 9.73. The summed E-state index contributed by atoms with van der Waals surface area (Å²) in [4.78, 5) is 54.2. The highest BCUT2D eigenvalue weighted by molar-refractivity contribution is 8.14. The van der Waals surface area contributed by atoms with Crippen LogP contribution in [0.15, 0.2) is 121 Å². The van der Waals surface area contributed by atoms with Crippen molar-refractivity contribution < 1.29 is 28.7 Å². The Balaban J connectivity index is 1.78. The molecule has 1 aliphatic rings. The SMILES string of the molecule is COC(=O)CC(=O)S[C@@H]1CC(=O)N1C(C(=O)OCc1ccccc1)=P(c1ccccc1)(c1ccccc1)c1ccccc1. The predicted octanol–water partition coefficient (Wildman–Crippen LogP) is 4.24. The van der Waals surface area contributed by atoms with Crippen LogP contribution < -0.4 is 15.9 Å². The number of esters is 2. The van der Waals surface area contributed by atoms with Gasteiger partial charge in [0.05, 0.1) is 18.9 Å². The van der Waals surface area contributed by atoms with Crippen molar-refractivity contribution >= 4 is 62.9 Å². The van der Waals surface area contributed by atoms with Crippen LogP contribution in [0.2, 0.25) is 0 Å². The predicted molar refractivity (Wildman–Crippen MR) is 171 cm³/mol. The third kappa shape index (κ3) is 6.36. The average molecular weight is 612 g/mol. The highest BCUT2D eigenvalue weighted by atomic mass is 32.2. The lowest BCUT2D eigenvalue weighted by Crippen LogP contribution is -2.58. The molecule has 4 aromatic rings. The minimum absolute atomic E-state index is 0.00263. The molecule has 1 atom stereocenters. The second kappa shape index (κ2) is 13.7. The number of nitrogens with zero attached hydrogens (tertiary/aromatic N) is 1. The largest absolute Gasteiger partial charge is 0.469 e. The molecule has 7 nitrogen and oxygen atoms in total. The van der Waals surface area contributed by atoms with Crippen LogP contribution in [0.3, 0.4) is 0 Å². The van der Waals surface area contributed by atoms with Crippen molar-refractivity contribution in [3.8, 4) is 0 Å².